The smallest absolute Gasteiger partial charge is 0.0977 e. The van der Waals surface area contributed by atoms with E-state index in [-0.39, 0.29) is 5.41 Å². The van der Waals surface area contributed by atoms with E-state index in [9.17, 15) is 0 Å². The Bertz CT molecular complexity index is 734. The molecule has 112 valence electrons. The molecule has 4 rings (SSSR count). The van der Waals surface area contributed by atoms with E-state index in [1.165, 1.54) is 43.4 Å². The fraction of sp³-hybridized carbons (Fsp3) is 0.316. The van der Waals surface area contributed by atoms with Crippen molar-refractivity contribution in [2.75, 3.05) is 4.90 Å². The van der Waals surface area contributed by atoms with Crippen LogP contribution in [0.25, 0.3) is 0 Å². The Morgan fingerprint density at radius 3 is 2.50 bits per heavy atom. The summed E-state index contributed by atoms with van der Waals surface area (Å²) in [5.41, 5.74) is 3.76. The van der Waals surface area contributed by atoms with E-state index < -0.39 is 0 Å². The van der Waals surface area contributed by atoms with E-state index in [2.05, 4.69) is 35.2 Å². The van der Waals surface area contributed by atoms with Crippen LogP contribution in [0, 0.1) is 0 Å². The highest BCUT2D eigenvalue weighted by atomic mass is 35.5. The van der Waals surface area contributed by atoms with Crippen molar-refractivity contribution in [2.45, 2.75) is 37.5 Å². The van der Waals surface area contributed by atoms with Crippen LogP contribution in [0.2, 0.25) is 5.02 Å². The molecule has 1 saturated carbocycles. The summed E-state index contributed by atoms with van der Waals surface area (Å²) in [5, 5.41) is 0.752. The molecule has 0 unspecified atom stereocenters. The first-order valence-electron chi connectivity index (χ1n) is 7.92. The minimum absolute atomic E-state index is 0.0481. The SMILES string of the molecule is S=C1N(c2cccc(Cl)c2)c2ccccc2C12CCCCC2. The standard InChI is InChI=1S/C19H18ClNS/c20-14-7-6-8-15(13-14)21-17-10-3-2-9-16(17)19(18(21)22)11-4-1-5-12-19/h2-3,6-10,13H,1,4-5,11-12H2. The molecule has 0 aromatic heterocycles. The summed E-state index contributed by atoms with van der Waals surface area (Å²) in [6.07, 6.45) is 6.18. The molecule has 1 aliphatic carbocycles. The summed E-state index contributed by atoms with van der Waals surface area (Å²) < 4.78 is 0. The molecule has 0 saturated heterocycles. The Balaban J connectivity index is 1.89. The largest absolute Gasteiger partial charge is 0.304 e. The fourth-order valence-corrected chi connectivity index (χ4v) is 4.72. The average molecular weight is 328 g/mol. The Morgan fingerprint density at radius 1 is 0.955 bits per heavy atom. The number of anilines is 2. The molecule has 1 aliphatic heterocycles. The second-order valence-corrected chi connectivity index (χ2v) is 7.10. The van der Waals surface area contributed by atoms with Crippen LogP contribution >= 0.6 is 23.8 Å². The van der Waals surface area contributed by atoms with Gasteiger partial charge in [0, 0.05) is 16.1 Å². The zero-order chi connectivity index (χ0) is 15.2. The topological polar surface area (TPSA) is 3.24 Å². The van der Waals surface area contributed by atoms with Gasteiger partial charge in [0.15, 0.2) is 0 Å². The fourth-order valence-electron chi connectivity index (χ4n) is 4.02. The van der Waals surface area contributed by atoms with Crippen molar-refractivity contribution in [3.05, 3.63) is 59.1 Å². The van der Waals surface area contributed by atoms with Gasteiger partial charge in [-0.15, -0.1) is 0 Å². The number of hydrogen-bond acceptors (Lipinski definition) is 1. The van der Waals surface area contributed by atoms with Crippen molar-refractivity contribution in [1.82, 2.24) is 0 Å². The van der Waals surface area contributed by atoms with Crippen LogP contribution in [-0.2, 0) is 5.41 Å². The molecule has 0 radical (unpaired) electrons. The van der Waals surface area contributed by atoms with Gasteiger partial charge in [-0.2, -0.15) is 0 Å². The van der Waals surface area contributed by atoms with E-state index >= 15 is 0 Å². The molecule has 1 fully saturated rings. The molecule has 2 aliphatic rings. The third kappa shape index (κ3) is 2.01. The molecule has 1 heterocycles. The van der Waals surface area contributed by atoms with E-state index in [1.807, 2.05) is 18.2 Å². The second-order valence-electron chi connectivity index (χ2n) is 6.28. The number of halogens is 1. The summed E-state index contributed by atoms with van der Waals surface area (Å²) >= 11 is 12.2. The molecule has 1 nitrogen and oxygen atoms in total. The van der Waals surface area contributed by atoms with E-state index in [1.54, 1.807) is 0 Å². The summed E-state index contributed by atoms with van der Waals surface area (Å²) in [5.74, 6) is 0. The van der Waals surface area contributed by atoms with Gasteiger partial charge in [-0.25, -0.2) is 0 Å². The Labute approximate surface area is 141 Å². The predicted octanol–water partition coefficient (Wildman–Crippen LogP) is 6.02. The lowest BCUT2D eigenvalue weighted by Gasteiger charge is -2.35. The van der Waals surface area contributed by atoms with Crippen molar-refractivity contribution in [3.63, 3.8) is 0 Å². The minimum atomic E-state index is 0.0481. The van der Waals surface area contributed by atoms with Crippen LogP contribution in [0.1, 0.15) is 37.7 Å². The minimum Gasteiger partial charge on any atom is -0.304 e. The van der Waals surface area contributed by atoms with Gasteiger partial charge in [0.2, 0.25) is 0 Å². The predicted molar refractivity (Wildman–Crippen MR) is 97.4 cm³/mol. The van der Waals surface area contributed by atoms with Crippen molar-refractivity contribution < 1.29 is 0 Å². The third-order valence-corrected chi connectivity index (χ3v) is 5.85. The van der Waals surface area contributed by atoms with Gasteiger partial charge in [-0.05, 0) is 42.7 Å². The Hall–Kier alpha value is -1.38. The first-order valence-corrected chi connectivity index (χ1v) is 8.71. The molecule has 3 heteroatoms. The van der Waals surface area contributed by atoms with Gasteiger partial charge in [0.25, 0.3) is 0 Å². The Kier molecular flexibility index (Phi) is 3.47. The average Bonchev–Trinajstić information content (AvgIpc) is 2.78. The maximum atomic E-state index is 6.21. The maximum absolute atomic E-state index is 6.21. The van der Waals surface area contributed by atoms with Crippen molar-refractivity contribution in [2.24, 2.45) is 0 Å². The molecule has 0 N–H and O–H groups in total. The number of hydrogen-bond donors (Lipinski definition) is 0. The highest BCUT2D eigenvalue weighted by Gasteiger charge is 2.48. The summed E-state index contributed by atoms with van der Waals surface area (Å²) in [7, 11) is 0. The van der Waals surface area contributed by atoms with Gasteiger partial charge in [-0.3, -0.25) is 0 Å². The molecular weight excluding hydrogens is 310 g/mol. The van der Waals surface area contributed by atoms with Gasteiger partial charge < -0.3 is 4.90 Å². The van der Waals surface area contributed by atoms with Crippen molar-refractivity contribution in [3.8, 4) is 0 Å². The molecule has 22 heavy (non-hydrogen) atoms. The van der Waals surface area contributed by atoms with Crippen LogP contribution in [0.5, 0.6) is 0 Å². The number of rotatable bonds is 1. The van der Waals surface area contributed by atoms with E-state index in [4.69, 9.17) is 23.8 Å². The first-order chi connectivity index (χ1) is 10.7. The summed E-state index contributed by atoms with van der Waals surface area (Å²) in [6, 6.07) is 16.7. The first kappa shape index (κ1) is 14.2. The van der Waals surface area contributed by atoms with Gasteiger partial charge in [0.05, 0.1) is 10.7 Å². The Morgan fingerprint density at radius 2 is 1.73 bits per heavy atom. The lowest BCUT2D eigenvalue weighted by atomic mass is 9.70. The molecule has 1 spiro atoms. The van der Waals surface area contributed by atoms with Crippen LogP contribution in [-0.4, -0.2) is 4.99 Å². The molecule has 2 aromatic carbocycles. The quantitative estimate of drug-likeness (QED) is 0.589. The molecule has 0 amide bonds. The normalized spacial score (nSPS) is 19.5. The molecular formula is C19H18ClNS. The van der Waals surface area contributed by atoms with Gasteiger partial charge in [-0.1, -0.05) is 67.3 Å². The summed E-state index contributed by atoms with van der Waals surface area (Å²) in [6.45, 7) is 0. The van der Waals surface area contributed by atoms with E-state index in [0.717, 1.165) is 15.7 Å². The highest BCUT2D eigenvalue weighted by molar-refractivity contribution is 7.80. The van der Waals surface area contributed by atoms with Crippen molar-refractivity contribution in [1.29, 1.82) is 0 Å². The number of para-hydroxylation sites is 1. The number of nitrogens with zero attached hydrogens (tertiary/aromatic N) is 1. The zero-order valence-corrected chi connectivity index (χ0v) is 14.0. The zero-order valence-electron chi connectivity index (χ0n) is 12.4. The number of benzene rings is 2. The maximum Gasteiger partial charge on any atom is 0.0977 e. The van der Waals surface area contributed by atoms with Crippen LogP contribution in [0.15, 0.2) is 48.5 Å². The number of thiocarbonyl (C=S) groups is 1. The monoisotopic (exact) mass is 327 g/mol. The van der Waals surface area contributed by atoms with Gasteiger partial charge in [0.1, 0.15) is 0 Å². The summed E-state index contributed by atoms with van der Waals surface area (Å²) in [4.78, 5) is 3.29. The highest BCUT2D eigenvalue weighted by Crippen LogP contribution is 2.52. The molecule has 0 bridgehead atoms. The third-order valence-electron chi connectivity index (χ3n) is 5.05. The van der Waals surface area contributed by atoms with Crippen LogP contribution < -0.4 is 4.90 Å². The number of fused-ring (bicyclic) bond motifs is 2. The lowest BCUT2D eigenvalue weighted by Crippen LogP contribution is -2.38. The van der Waals surface area contributed by atoms with Crippen LogP contribution in [0.3, 0.4) is 0 Å². The van der Waals surface area contributed by atoms with Crippen LogP contribution in [0.4, 0.5) is 11.4 Å². The second kappa shape index (κ2) is 5.36. The molecule has 2 aromatic rings. The van der Waals surface area contributed by atoms with E-state index in [0.29, 0.717) is 0 Å². The molecule has 0 atom stereocenters. The van der Waals surface area contributed by atoms with Gasteiger partial charge >= 0.3 is 0 Å². The van der Waals surface area contributed by atoms with Crippen molar-refractivity contribution >= 4 is 40.2 Å². The lowest BCUT2D eigenvalue weighted by molar-refractivity contribution is 0.388.